The van der Waals surface area contributed by atoms with Crippen molar-refractivity contribution in [2.45, 2.75) is 26.4 Å². The number of Topliss-reactive ketones (excluding diaryl/α,β-unsaturated/α-hetero) is 1. The number of benzene rings is 2. The predicted molar refractivity (Wildman–Crippen MR) is 110 cm³/mol. The number of amides is 1. The van der Waals surface area contributed by atoms with Gasteiger partial charge in [-0.3, -0.25) is 9.59 Å². The first kappa shape index (κ1) is 20.7. The fourth-order valence-corrected chi connectivity index (χ4v) is 3.77. The van der Waals surface area contributed by atoms with E-state index in [2.05, 4.69) is 5.32 Å². The van der Waals surface area contributed by atoms with Crippen molar-refractivity contribution in [3.05, 3.63) is 70.4 Å². The van der Waals surface area contributed by atoms with Crippen LogP contribution in [0.2, 0.25) is 0 Å². The molecule has 0 aliphatic heterocycles. The van der Waals surface area contributed by atoms with Gasteiger partial charge >= 0.3 is 5.97 Å². The highest BCUT2D eigenvalue weighted by Crippen LogP contribution is 2.27. The van der Waals surface area contributed by atoms with Crippen LogP contribution in [0, 0.1) is 5.82 Å². The van der Waals surface area contributed by atoms with Gasteiger partial charge in [-0.1, -0.05) is 24.3 Å². The number of thiophene rings is 1. The number of carbonyl (C=O) groups is 3. The SMILES string of the molecule is CC(=O)NCCc1ccc(C(=O)[C@H](C)OC(=O)c2cc3cc(F)ccc3s2)cc1. The van der Waals surface area contributed by atoms with E-state index in [9.17, 15) is 18.8 Å². The molecule has 3 rings (SSSR count). The number of ether oxygens (including phenoxy) is 1. The summed E-state index contributed by atoms with van der Waals surface area (Å²) in [5.74, 6) is -1.38. The van der Waals surface area contributed by atoms with E-state index in [1.54, 1.807) is 24.3 Å². The minimum atomic E-state index is -0.949. The highest BCUT2D eigenvalue weighted by molar-refractivity contribution is 7.20. The van der Waals surface area contributed by atoms with Gasteiger partial charge in [-0.25, -0.2) is 9.18 Å². The molecule has 0 saturated carbocycles. The molecular weight excluding hydrogens is 393 g/mol. The first-order valence-corrected chi connectivity index (χ1v) is 9.93. The van der Waals surface area contributed by atoms with Crippen molar-refractivity contribution in [3.63, 3.8) is 0 Å². The number of nitrogens with one attached hydrogen (secondary N) is 1. The molecule has 0 fully saturated rings. The molecule has 2 aromatic carbocycles. The first-order valence-electron chi connectivity index (χ1n) is 9.11. The Hall–Kier alpha value is -3.06. The molecule has 1 aromatic heterocycles. The highest BCUT2D eigenvalue weighted by atomic mass is 32.1. The van der Waals surface area contributed by atoms with Gasteiger partial charge in [0.25, 0.3) is 0 Å². The van der Waals surface area contributed by atoms with Crippen LogP contribution in [0.4, 0.5) is 4.39 Å². The molecular formula is C22H20FNO4S. The lowest BCUT2D eigenvalue weighted by molar-refractivity contribution is -0.118. The summed E-state index contributed by atoms with van der Waals surface area (Å²) in [4.78, 5) is 36.2. The predicted octanol–water partition coefficient (Wildman–Crippen LogP) is 4.15. The van der Waals surface area contributed by atoms with Crippen LogP contribution in [0.5, 0.6) is 0 Å². The van der Waals surface area contributed by atoms with Crippen molar-refractivity contribution in [3.8, 4) is 0 Å². The van der Waals surface area contributed by atoms with Crippen molar-refractivity contribution in [2.24, 2.45) is 0 Å². The molecule has 0 aliphatic rings. The van der Waals surface area contributed by atoms with Crippen LogP contribution >= 0.6 is 11.3 Å². The summed E-state index contributed by atoms with van der Waals surface area (Å²) in [5.41, 5.74) is 1.42. The largest absolute Gasteiger partial charge is 0.450 e. The summed E-state index contributed by atoms with van der Waals surface area (Å²) in [5, 5.41) is 3.34. The Morgan fingerprint density at radius 1 is 1.10 bits per heavy atom. The summed E-state index contributed by atoms with van der Waals surface area (Å²) in [6.07, 6.45) is -0.292. The van der Waals surface area contributed by atoms with Crippen LogP contribution in [0.3, 0.4) is 0 Å². The van der Waals surface area contributed by atoms with Crippen LogP contribution in [0.25, 0.3) is 10.1 Å². The Balaban J connectivity index is 1.61. The van der Waals surface area contributed by atoms with Gasteiger partial charge in [0.1, 0.15) is 10.7 Å². The Labute approximate surface area is 171 Å². The van der Waals surface area contributed by atoms with E-state index in [-0.39, 0.29) is 17.5 Å². The van der Waals surface area contributed by atoms with Gasteiger partial charge in [-0.2, -0.15) is 0 Å². The molecule has 1 atom stereocenters. The second-order valence-corrected chi connectivity index (χ2v) is 7.72. The molecule has 5 nitrogen and oxygen atoms in total. The zero-order valence-electron chi connectivity index (χ0n) is 16.0. The third-order valence-electron chi connectivity index (χ3n) is 4.36. The second-order valence-electron chi connectivity index (χ2n) is 6.63. The first-order chi connectivity index (χ1) is 13.8. The molecule has 0 bridgehead atoms. The van der Waals surface area contributed by atoms with Crippen LogP contribution in [-0.2, 0) is 16.0 Å². The van der Waals surface area contributed by atoms with Crippen molar-refractivity contribution in [2.75, 3.05) is 6.54 Å². The lowest BCUT2D eigenvalue weighted by atomic mass is 10.0. The van der Waals surface area contributed by atoms with Gasteiger partial charge in [0, 0.05) is 23.7 Å². The maximum Gasteiger partial charge on any atom is 0.349 e. The summed E-state index contributed by atoms with van der Waals surface area (Å²) in [6, 6.07) is 12.8. The van der Waals surface area contributed by atoms with E-state index in [1.165, 1.54) is 37.3 Å². The molecule has 0 unspecified atom stereocenters. The van der Waals surface area contributed by atoms with Crippen molar-refractivity contribution in [1.29, 1.82) is 0 Å². The summed E-state index contributed by atoms with van der Waals surface area (Å²) >= 11 is 1.19. The standard InChI is InChI=1S/C22H20FNO4S/c1-13(21(26)16-5-3-15(4-6-16)9-10-24-14(2)25)28-22(27)20-12-17-11-18(23)7-8-19(17)29-20/h3-8,11-13H,9-10H2,1-2H3,(H,24,25)/t13-/m0/s1. The maximum absolute atomic E-state index is 13.3. The minimum Gasteiger partial charge on any atom is -0.450 e. The van der Waals surface area contributed by atoms with E-state index in [0.717, 1.165) is 10.3 Å². The van der Waals surface area contributed by atoms with Crippen LogP contribution in [0.15, 0.2) is 48.5 Å². The summed E-state index contributed by atoms with van der Waals surface area (Å²) in [6.45, 7) is 3.51. The van der Waals surface area contributed by atoms with Crippen molar-refractivity contribution < 1.29 is 23.5 Å². The number of rotatable bonds is 7. The molecule has 29 heavy (non-hydrogen) atoms. The topological polar surface area (TPSA) is 72.5 Å². The Morgan fingerprint density at radius 2 is 1.83 bits per heavy atom. The third-order valence-corrected chi connectivity index (χ3v) is 5.45. The van der Waals surface area contributed by atoms with E-state index in [4.69, 9.17) is 4.74 Å². The van der Waals surface area contributed by atoms with Crippen LogP contribution in [-0.4, -0.2) is 30.3 Å². The Morgan fingerprint density at radius 3 is 2.52 bits per heavy atom. The van der Waals surface area contributed by atoms with E-state index in [0.29, 0.717) is 28.8 Å². The smallest absolute Gasteiger partial charge is 0.349 e. The van der Waals surface area contributed by atoms with E-state index in [1.807, 2.05) is 12.1 Å². The van der Waals surface area contributed by atoms with Crippen molar-refractivity contribution >= 4 is 39.1 Å². The van der Waals surface area contributed by atoms with Gasteiger partial charge in [0.2, 0.25) is 11.7 Å². The minimum absolute atomic E-state index is 0.0868. The molecule has 0 aliphatic carbocycles. The van der Waals surface area contributed by atoms with Crippen LogP contribution < -0.4 is 5.32 Å². The van der Waals surface area contributed by atoms with Gasteiger partial charge in [0.15, 0.2) is 6.10 Å². The number of ketones is 1. The molecule has 1 amide bonds. The zero-order valence-corrected chi connectivity index (χ0v) is 16.8. The lowest BCUT2D eigenvalue weighted by Crippen LogP contribution is -2.24. The lowest BCUT2D eigenvalue weighted by Gasteiger charge is -2.12. The number of carbonyl (C=O) groups excluding carboxylic acids is 3. The third kappa shape index (κ3) is 5.26. The van der Waals surface area contributed by atoms with Gasteiger partial charge in [0.05, 0.1) is 0 Å². The van der Waals surface area contributed by atoms with Gasteiger partial charge in [-0.05, 0) is 48.6 Å². The fraction of sp³-hybridized carbons (Fsp3) is 0.227. The average molecular weight is 413 g/mol. The molecule has 7 heteroatoms. The number of fused-ring (bicyclic) bond motifs is 1. The Kier molecular flexibility index (Phi) is 6.39. The zero-order chi connectivity index (χ0) is 21.0. The Bertz CT molecular complexity index is 1060. The number of hydrogen-bond acceptors (Lipinski definition) is 5. The normalized spacial score (nSPS) is 11.8. The fourth-order valence-electron chi connectivity index (χ4n) is 2.84. The summed E-state index contributed by atoms with van der Waals surface area (Å²) < 4.78 is 19.4. The van der Waals surface area contributed by atoms with E-state index < -0.39 is 12.1 Å². The molecule has 0 spiro atoms. The molecule has 0 saturated heterocycles. The molecule has 150 valence electrons. The monoisotopic (exact) mass is 413 g/mol. The highest BCUT2D eigenvalue weighted by Gasteiger charge is 2.21. The number of hydrogen-bond donors (Lipinski definition) is 1. The van der Waals surface area contributed by atoms with E-state index >= 15 is 0 Å². The average Bonchev–Trinajstić information content (AvgIpc) is 3.11. The quantitative estimate of drug-likeness (QED) is 0.467. The van der Waals surface area contributed by atoms with Gasteiger partial charge < -0.3 is 10.1 Å². The number of esters is 1. The van der Waals surface area contributed by atoms with Crippen molar-refractivity contribution in [1.82, 2.24) is 5.32 Å². The molecule has 0 radical (unpaired) electrons. The molecule has 1 heterocycles. The maximum atomic E-state index is 13.3. The molecule has 3 aromatic rings. The summed E-state index contributed by atoms with van der Waals surface area (Å²) in [7, 11) is 0. The second kappa shape index (κ2) is 8.96. The number of halogens is 1. The van der Waals surface area contributed by atoms with Crippen LogP contribution in [0.1, 0.15) is 39.4 Å². The van der Waals surface area contributed by atoms with Gasteiger partial charge in [-0.15, -0.1) is 11.3 Å². The molecule has 1 N–H and O–H groups in total.